The van der Waals surface area contributed by atoms with Crippen LogP contribution in [0.15, 0.2) is 35.3 Å². The summed E-state index contributed by atoms with van der Waals surface area (Å²) < 4.78 is 0. The summed E-state index contributed by atoms with van der Waals surface area (Å²) in [4.78, 5) is 33.4. The van der Waals surface area contributed by atoms with Gasteiger partial charge in [0.2, 0.25) is 0 Å². The van der Waals surface area contributed by atoms with E-state index in [0.29, 0.717) is 24.5 Å². The number of aromatic nitrogens is 2. The van der Waals surface area contributed by atoms with E-state index in [-0.39, 0.29) is 28.6 Å². The van der Waals surface area contributed by atoms with Gasteiger partial charge in [-0.25, -0.2) is 9.78 Å². The molecule has 1 aromatic heterocycles. The largest absolute Gasteiger partial charge is 0.334 e. The second-order valence-electron chi connectivity index (χ2n) is 11.4. The minimum atomic E-state index is -0.185. The third-order valence-electron chi connectivity index (χ3n) is 5.78. The van der Waals surface area contributed by atoms with Crippen molar-refractivity contribution >= 4 is 6.03 Å². The van der Waals surface area contributed by atoms with Gasteiger partial charge in [0.25, 0.3) is 5.56 Å². The van der Waals surface area contributed by atoms with Crippen molar-refractivity contribution in [2.75, 3.05) is 26.2 Å². The lowest BCUT2D eigenvalue weighted by Gasteiger charge is -2.33. The van der Waals surface area contributed by atoms with Crippen LogP contribution in [0.25, 0.3) is 11.1 Å². The zero-order valence-electron chi connectivity index (χ0n) is 22.8. The van der Waals surface area contributed by atoms with Crippen LogP contribution in [0.5, 0.6) is 0 Å². The topological polar surface area (TPSA) is 142 Å². The van der Waals surface area contributed by atoms with Crippen molar-refractivity contribution in [3.63, 3.8) is 0 Å². The van der Waals surface area contributed by atoms with Gasteiger partial charge in [-0.1, -0.05) is 45.0 Å². The Morgan fingerprint density at radius 3 is 2.33 bits per heavy atom. The van der Waals surface area contributed by atoms with Gasteiger partial charge in [0.15, 0.2) is 0 Å². The molecule has 2 amide bonds. The lowest BCUT2D eigenvalue weighted by molar-refractivity contribution is 0.186. The standard InChI is InChI=1S/C15H19N3O.C12H26N4O/c1-15(2,3)14-17-9-12(13(19)18-14)11-6-4-10(8-16)5-7-11;1-12(2,3)15-11(17)14-10-5-4-7-16(9-10)8-6-13/h4-7,9H,8,16H2,1-3H3,(H,17,18,19);10H,4-9,13H2,1-3H3,(H2,14,15,17)/t;10-/m.0/s1. The van der Waals surface area contributed by atoms with Crippen LogP contribution >= 0.6 is 0 Å². The van der Waals surface area contributed by atoms with Gasteiger partial charge in [0.1, 0.15) is 5.82 Å². The Balaban J connectivity index is 0.000000255. The van der Waals surface area contributed by atoms with Gasteiger partial charge in [-0.05, 0) is 51.3 Å². The number of amides is 2. The first-order valence-electron chi connectivity index (χ1n) is 12.7. The Bertz CT molecular complexity index is 1020. The molecule has 2 heterocycles. The van der Waals surface area contributed by atoms with Gasteiger partial charge in [0.05, 0.1) is 5.56 Å². The van der Waals surface area contributed by atoms with Crippen molar-refractivity contribution in [1.29, 1.82) is 0 Å². The molecule has 1 aliphatic heterocycles. The van der Waals surface area contributed by atoms with Crippen molar-refractivity contribution in [1.82, 2.24) is 25.5 Å². The van der Waals surface area contributed by atoms with Crippen molar-refractivity contribution in [2.24, 2.45) is 11.5 Å². The smallest absolute Gasteiger partial charge is 0.315 e. The average Bonchev–Trinajstić information content (AvgIpc) is 2.78. The molecule has 200 valence electrons. The second kappa shape index (κ2) is 13.0. The van der Waals surface area contributed by atoms with Gasteiger partial charge in [-0.2, -0.15) is 0 Å². The number of piperidine rings is 1. The molecular formula is C27H45N7O2. The summed E-state index contributed by atoms with van der Waals surface area (Å²) in [5, 5.41) is 5.95. The molecule has 1 saturated heterocycles. The van der Waals surface area contributed by atoms with Crippen molar-refractivity contribution in [3.05, 3.63) is 52.2 Å². The summed E-state index contributed by atoms with van der Waals surface area (Å²) in [5.74, 6) is 0.694. The van der Waals surface area contributed by atoms with Crippen LogP contribution in [-0.4, -0.2) is 58.7 Å². The molecule has 0 bridgehead atoms. The highest BCUT2D eigenvalue weighted by Crippen LogP contribution is 2.19. The van der Waals surface area contributed by atoms with Crippen molar-refractivity contribution in [3.8, 4) is 11.1 Å². The Morgan fingerprint density at radius 2 is 1.81 bits per heavy atom. The first-order valence-corrected chi connectivity index (χ1v) is 12.7. The lowest BCUT2D eigenvalue weighted by atomic mass is 9.95. The molecule has 1 aliphatic rings. The van der Waals surface area contributed by atoms with Crippen molar-refractivity contribution < 1.29 is 4.79 Å². The maximum atomic E-state index is 12.1. The van der Waals surface area contributed by atoms with E-state index in [1.54, 1.807) is 6.20 Å². The summed E-state index contributed by atoms with van der Waals surface area (Å²) >= 11 is 0. The zero-order valence-corrected chi connectivity index (χ0v) is 22.8. The Morgan fingerprint density at radius 1 is 1.14 bits per heavy atom. The van der Waals surface area contributed by atoms with Crippen LogP contribution < -0.4 is 27.7 Å². The van der Waals surface area contributed by atoms with E-state index >= 15 is 0 Å². The molecule has 1 fully saturated rings. The molecule has 9 nitrogen and oxygen atoms in total. The number of nitrogens with one attached hydrogen (secondary N) is 3. The van der Waals surface area contributed by atoms with Gasteiger partial charge >= 0.3 is 6.03 Å². The third kappa shape index (κ3) is 9.72. The van der Waals surface area contributed by atoms with Crippen LogP contribution in [0.4, 0.5) is 4.79 Å². The quantitative estimate of drug-likeness (QED) is 0.428. The molecule has 0 spiro atoms. The number of H-pyrrole nitrogens is 1. The fourth-order valence-corrected chi connectivity index (χ4v) is 3.92. The number of carbonyl (C=O) groups is 1. The zero-order chi connectivity index (χ0) is 26.9. The Kier molecular flexibility index (Phi) is 10.6. The predicted molar refractivity (Wildman–Crippen MR) is 147 cm³/mol. The van der Waals surface area contributed by atoms with E-state index in [1.165, 1.54) is 0 Å². The average molecular weight is 500 g/mol. The minimum absolute atomic E-state index is 0.0721. The fourth-order valence-electron chi connectivity index (χ4n) is 3.92. The van der Waals surface area contributed by atoms with Gasteiger partial charge in [0, 0.05) is 49.4 Å². The summed E-state index contributed by atoms with van der Waals surface area (Å²) in [7, 11) is 0. The minimum Gasteiger partial charge on any atom is -0.334 e. The highest BCUT2D eigenvalue weighted by atomic mass is 16.2. The molecule has 7 N–H and O–H groups in total. The predicted octanol–water partition coefficient (Wildman–Crippen LogP) is 2.70. The van der Waals surface area contributed by atoms with E-state index in [0.717, 1.165) is 43.6 Å². The van der Waals surface area contributed by atoms with Gasteiger partial charge in [-0.3, -0.25) is 4.79 Å². The van der Waals surface area contributed by atoms with Gasteiger partial charge in [-0.15, -0.1) is 0 Å². The fraction of sp³-hybridized carbons (Fsp3) is 0.593. The summed E-state index contributed by atoms with van der Waals surface area (Å²) in [6, 6.07) is 7.81. The monoisotopic (exact) mass is 499 g/mol. The summed E-state index contributed by atoms with van der Waals surface area (Å²) in [6.07, 6.45) is 3.82. The van der Waals surface area contributed by atoms with E-state index in [4.69, 9.17) is 11.5 Å². The second-order valence-corrected chi connectivity index (χ2v) is 11.4. The molecule has 3 rings (SSSR count). The molecule has 1 aromatic carbocycles. The number of nitrogens with two attached hydrogens (primary N) is 2. The first kappa shape index (κ1) is 29.5. The van der Waals surface area contributed by atoms with E-state index in [9.17, 15) is 9.59 Å². The van der Waals surface area contributed by atoms with Crippen LogP contribution in [0.1, 0.15) is 65.8 Å². The number of carbonyl (C=O) groups excluding carboxylic acids is 1. The van der Waals surface area contributed by atoms with E-state index in [1.807, 2.05) is 65.8 Å². The summed E-state index contributed by atoms with van der Waals surface area (Å²) in [6.45, 7) is 16.1. The number of benzene rings is 1. The molecule has 0 saturated carbocycles. The molecule has 2 aromatic rings. The highest BCUT2D eigenvalue weighted by Gasteiger charge is 2.22. The number of rotatable bonds is 5. The van der Waals surface area contributed by atoms with E-state index < -0.39 is 0 Å². The normalized spacial score (nSPS) is 16.6. The Hall–Kier alpha value is -2.75. The number of aromatic amines is 1. The first-order chi connectivity index (χ1) is 16.8. The number of hydrogen-bond acceptors (Lipinski definition) is 6. The van der Waals surface area contributed by atoms with Crippen molar-refractivity contribution in [2.45, 2.75) is 77.9 Å². The lowest BCUT2D eigenvalue weighted by Crippen LogP contribution is -2.54. The van der Waals surface area contributed by atoms with Gasteiger partial charge < -0.3 is 32.0 Å². The molecule has 9 heteroatoms. The van der Waals surface area contributed by atoms with Crippen LogP contribution in [0, 0.1) is 0 Å². The van der Waals surface area contributed by atoms with Crippen LogP contribution in [-0.2, 0) is 12.0 Å². The van der Waals surface area contributed by atoms with Crippen LogP contribution in [0.3, 0.4) is 0 Å². The Labute approximate surface area is 215 Å². The maximum absolute atomic E-state index is 12.1. The molecule has 36 heavy (non-hydrogen) atoms. The SMILES string of the molecule is CC(C)(C)NC(=O)N[C@H]1CCCN(CCN)C1.CC(C)(C)c1ncc(-c2ccc(CN)cc2)c(=O)[nH]1. The molecule has 0 radical (unpaired) electrons. The number of hydrogen-bond donors (Lipinski definition) is 5. The van der Waals surface area contributed by atoms with Crippen LogP contribution in [0.2, 0.25) is 0 Å². The molecule has 0 unspecified atom stereocenters. The molecule has 1 atom stereocenters. The number of likely N-dealkylation sites (tertiary alicyclic amines) is 1. The highest BCUT2D eigenvalue weighted by molar-refractivity contribution is 5.75. The third-order valence-corrected chi connectivity index (χ3v) is 5.78. The summed E-state index contributed by atoms with van der Waals surface area (Å²) in [5.41, 5.74) is 13.1. The molecular weight excluding hydrogens is 454 g/mol. The maximum Gasteiger partial charge on any atom is 0.315 e. The van der Waals surface area contributed by atoms with E-state index in [2.05, 4.69) is 25.5 Å². The molecule has 0 aliphatic carbocycles. The number of nitrogens with zero attached hydrogens (tertiary/aromatic N) is 2. The number of urea groups is 1.